The van der Waals surface area contributed by atoms with Crippen molar-refractivity contribution in [2.45, 2.75) is 10.1 Å². The van der Waals surface area contributed by atoms with Crippen LogP contribution in [0.2, 0.25) is 0 Å². The monoisotopic (exact) mass is 317 g/mol. The highest BCUT2D eigenvalue weighted by molar-refractivity contribution is 7.99. The van der Waals surface area contributed by atoms with Crippen LogP contribution >= 0.6 is 11.8 Å². The number of nitrogens with zero attached hydrogens (tertiary/aromatic N) is 5. The number of benzene rings is 1. The van der Waals surface area contributed by atoms with Gasteiger partial charge >= 0.3 is 0 Å². The van der Waals surface area contributed by atoms with Gasteiger partial charge in [0.05, 0.1) is 5.69 Å². The van der Waals surface area contributed by atoms with Crippen molar-refractivity contribution in [2.75, 3.05) is 33.2 Å². The number of aromatic nitrogens is 2. The smallest absolute Gasteiger partial charge is 0.212 e. The number of halogens is 1. The molecule has 0 radical (unpaired) electrons. The number of fused-ring (bicyclic) bond motifs is 2. The van der Waals surface area contributed by atoms with Crippen LogP contribution in [-0.2, 0) is 0 Å². The Hall–Kier alpha value is -1.86. The Morgan fingerprint density at radius 1 is 1.18 bits per heavy atom. The Labute approximate surface area is 132 Å². The lowest BCUT2D eigenvalue weighted by molar-refractivity contribution is 0.211. The van der Waals surface area contributed by atoms with Crippen molar-refractivity contribution in [1.82, 2.24) is 19.4 Å². The molecule has 0 atom stereocenters. The fraction of sp³-hybridized carbons (Fsp3) is 0.333. The summed E-state index contributed by atoms with van der Waals surface area (Å²) in [5.74, 6) is 0.567. The number of rotatable bonds is 0. The van der Waals surface area contributed by atoms with Crippen molar-refractivity contribution in [3.8, 4) is 0 Å². The fourth-order valence-corrected chi connectivity index (χ4v) is 3.57. The van der Waals surface area contributed by atoms with Gasteiger partial charge in [0.2, 0.25) is 5.96 Å². The molecule has 2 aromatic rings. The van der Waals surface area contributed by atoms with Gasteiger partial charge in [0.1, 0.15) is 5.82 Å². The molecule has 4 rings (SSSR count). The summed E-state index contributed by atoms with van der Waals surface area (Å²) >= 11 is 1.52. The van der Waals surface area contributed by atoms with Crippen LogP contribution in [0.15, 0.2) is 45.6 Å². The Morgan fingerprint density at radius 2 is 2.00 bits per heavy atom. The molecule has 2 aliphatic rings. The molecule has 0 amide bonds. The summed E-state index contributed by atoms with van der Waals surface area (Å²) in [4.78, 5) is 14.6. The molecule has 0 unspecified atom stereocenters. The largest absolute Gasteiger partial charge is 0.339 e. The maximum Gasteiger partial charge on any atom is 0.212 e. The molecule has 0 saturated carbocycles. The molecule has 7 heteroatoms. The van der Waals surface area contributed by atoms with Gasteiger partial charge in [-0.1, -0.05) is 0 Å². The van der Waals surface area contributed by atoms with Gasteiger partial charge in [0, 0.05) is 49.5 Å². The SMILES string of the molecule is CN1CCN(C2=Nc3cc(F)ccc3Sc3nccn32)CC1. The highest BCUT2D eigenvalue weighted by atomic mass is 32.2. The van der Waals surface area contributed by atoms with Crippen LogP contribution in [0.3, 0.4) is 0 Å². The average molecular weight is 317 g/mol. The summed E-state index contributed by atoms with van der Waals surface area (Å²) in [6, 6.07) is 4.73. The van der Waals surface area contributed by atoms with E-state index in [1.54, 1.807) is 12.3 Å². The van der Waals surface area contributed by atoms with Gasteiger partial charge in [-0.05, 0) is 30.9 Å². The van der Waals surface area contributed by atoms with E-state index in [-0.39, 0.29) is 5.82 Å². The van der Waals surface area contributed by atoms with Crippen molar-refractivity contribution in [3.63, 3.8) is 0 Å². The predicted octanol–water partition coefficient (Wildman–Crippen LogP) is 2.27. The number of aliphatic imine (C=N–C) groups is 1. The third-order valence-corrected chi connectivity index (χ3v) is 5.00. The molecule has 3 heterocycles. The molecule has 1 aromatic carbocycles. The van der Waals surface area contributed by atoms with Crippen molar-refractivity contribution in [2.24, 2.45) is 4.99 Å². The van der Waals surface area contributed by atoms with Crippen LogP contribution in [0, 0.1) is 5.82 Å². The Kier molecular flexibility index (Phi) is 3.38. The lowest BCUT2D eigenvalue weighted by Crippen LogP contribution is -2.49. The molecular weight excluding hydrogens is 301 g/mol. The molecule has 114 valence electrons. The van der Waals surface area contributed by atoms with Crippen LogP contribution in [-0.4, -0.2) is 58.5 Å². The van der Waals surface area contributed by atoms with Gasteiger partial charge in [-0.15, -0.1) is 0 Å². The lowest BCUT2D eigenvalue weighted by Gasteiger charge is -2.34. The van der Waals surface area contributed by atoms with E-state index in [0.29, 0.717) is 5.69 Å². The van der Waals surface area contributed by atoms with E-state index >= 15 is 0 Å². The van der Waals surface area contributed by atoms with E-state index in [1.807, 2.05) is 10.8 Å². The van der Waals surface area contributed by atoms with Crippen molar-refractivity contribution in [1.29, 1.82) is 0 Å². The molecule has 0 spiro atoms. The van der Waals surface area contributed by atoms with Crippen molar-refractivity contribution in [3.05, 3.63) is 36.4 Å². The zero-order chi connectivity index (χ0) is 15.1. The number of likely N-dealkylation sites (N-methyl/N-ethyl adjacent to an activating group) is 1. The Balaban J connectivity index is 1.80. The van der Waals surface area contributed by atoms with Crippen LogP contribution in [0.4, 0.5) is 10.1 Å². The maximum absolute atomic E-state index is 13.6. The topological polar surface area (TPSA) is 36.7 Å². The molecule has 1 aromatic heterocycles. The number of piperazine rings is 1. The third-order valence-electron chi connectivity index (χ3n) is 3.95. The standard InChI is InChI=1S/C15H16FN5S/c1-19-6-8-20(9-7-19)14-18-12-10-11(16)2-3-13(12)22-15-17-4-5-21(14)15/h2-5,10H,6-9H2,1H3. The first kappa shape index (κ1) is 13.8. The summed E-state index contributed by atoms with van der Waals surface area (Å²) in [5, 5.41) is 0.864. The number of hydrogen-bond acceptors (Lipinski definition) is 5. The molecule has 1 saturated heterocycles. The molecule has 0 aliphatic carbocycles. The summed E-state index contributed by atoms with van der Waals surface area (Å²) in [5.41, 5.74) is 0.671. The van der Waals surface area contributed by atoms with Crippen LogP contribution < -0.4 is 0 Å². The first-order valence-electron chi connectivity index (χ1n) is 7.24. The van der Waals surface area contributed by atoms with Gasteiger partial charge in [0.25, 0.3) is 0 Å². The molecule has 22 heavy (non-hydrogen) atoms. The molecule has 1 fully saturated rings. The Bertz CT molecular complexity index is 733. The van der Waals surface area contributed by atoms with Crippen LogP contribution in [0.25, 0.3) is 0 Å². The van der Waals surface area contributed by atoms with Crippen LogP contribution in [0.5, 0.6) is 0 Å². The van der Waals surface area contributed by atoms with Gasteiger partial charge in [0.15, 0.2) is 5.16 Å². The minimum Gasteiger partial charge on any atom is -0.339 e. The number of imidazole rings is 1. The van der Waals surface area contributed by atoms with Crippen LogP contribution in [0.1, 0.15) is 0 Å². The van der Waals surface area contributed by atoms with E-state index in [9.17, 15) is 4.39 Å². The highest BCUT2D eigenvalue weighted by Gasteiger charge is 2.24. The second-order valence-corrected chi connectivity index (χ2v) is 6.51. The van der Waals surface area contributed by atoms with E-state index in [1.165, 1.54) is 23.9 Å². The summed E-state index contributed by atoms with van der Waals surface area (Å²) < 4.78 is 15.6. The zero-order valence-electron chi connectivity index (χ0n) is 12.2. The first-order chi connectivity index (χ1) is 10.7. The second kappa shape index (κ2) is 5.40. The van der Waals surface area contributed by atoms with Gasteiger partial charge in [-0.25, -0.2) is 14.4 Å². The number of hydrogen-bond donors (Lipinski definition) is 0. The first-order valence-corrected chi connectivity index (χ1v) is 8.06. The minimum absolute atomic E-state index is 0.264. The molecule has 0 bridgehead atoms. The fourth-order valence-electron chi connectivity index (χ4n) is 2.67. The summed E-state index contributed by atoms with van der Waals surface area (Å²) in [6.07, 6.45) is 3.70. The molecule has 2 aliphatic heterocycles. The molecule has 5 nitrogen and oxygen atoms in total. The van der Waals surface area contributed by atoms with E-state index < -0.39 is 0 Å². The maximum atomic E-state index is 13.6. The van der Waals surface area contributed by atoms with E-state index in [4.69, 9.17) is 4.99 Å². The highest BCUT2D eigenvalue weighted by Crippen LogP contribution is 2.37. The normalized spacial score (nSPS) is 18.5. The quantitative estimate of drug-likeness (QED) is 0.747. The minimum atomic E-state index is -0.264. The summed E-state index contributed by atoms with van der Waals surface area (Å²) in [6.45, 7) is 3.79. The summed E-state index contributed by atoms with van der Waals surface area (Å²) in [7, 11) is 2.12. The van der Waals surface area contributed by atoms with E-state index in [2.05, 4.69) is 21.8 Å². The van der Waals surface area contributed by atoms with Crippen molar-refractivity contribution < 1.29 is 4.39 Å². The predicted molar refractivity (Wildman–Crippen MR) is 84.3 cm³/mol. The van der Waals surface area contributed by atoms with Gasteiger partial charge in [-0.2, -0.15) is 0 Å². The Morgan fingerprint density at radius 3 is 2.82 bits per heavy atom. The van der Waals surface area contributed by atoms with Gasteiger partial charge in [-0.3, -0.25) is 4.57 Å². The van der Waals surface area contributed by atoms with Gasteiger partial charge < -0.3 is 9.80 Å². The van der Waals surface area contributed by atoms with E-state index in [0.717, 1.165) is 42.2 Å². The third kappa shape index (κ3) is 2.40. The lowest BCUT2D eigenvalue weighted by atomic mass is 10.3. The average Bonchev–Trinajstić information content (AvgIpc) is 2.91. The zero-order valence-corrected chi connectivity index (χ0v) is 13.1. The molecule has 0 N–H and O–H groups in total. The second-order valence-electron chi connectivity index (χ2n) is 5.50. The molecular formula is C15H16FN5S. The van der Waals surface area contributed by atoms with Crippen molar-refractivity contribution >= 4 is 23.4 Å².